The van der Waals surface area contributed by atoms with Gasteiger partial charge in [-0.15, -0.1) is 0 Å². The molecule has 0 bridgehead atoms. The van der Waals surface area contributed by atoms with Crippen LogP contribution >= 0.6 is 11.8 Å². The zero-order chi connectivity index (χ0) is 19.9. The molecule has 3 aromatic rings. The van der Waals surface area contributed by atoms with Gasteiger partial charge >= 0.3 is 0 Å². The van der Waals surface area contributed by atoms with E-state index in [1.54, 1.807) is 10.6 Å². The average Bonchev–Trinajstić information content (AvgIpc) is 2.71. The van der Waals surface area contributed by atoms with Crippen molar-refractivity contribution < 1.29 is 4.79 Å². The minimum absolute atomic E-state index is 0.0502. The molecule has 0 aliphatic rings. The second-order valence-corrected chi connectivity index (χ2v) is 7.92. The van der Waals surface area contributed by atoms with Crippen molar-refractivity contribution >= 4 is 28.6 Å². The summed E-state index contributed by atoms with van der Waals surface area (Å²) in [6, 6.07) is 17.6. The number of amides is 1. The van der Waals surface area contributed by atoms with Crippen LogP contribution in [0, 0.1) is 0 Å². The largest absolute Gasteiger partial charge is 0.355 e. The molecule has 1 aromatic heterocycles. The van der Waals surface area contributed by atoms with Crippen molar-refractivity contribution in [1.29, 1.82) is 0 Å². The molecular formula is C22H25N3O2S. The number of carbonyl (C=O) groups is 1. The van der Waals surface area contributed by atoms with Crippen molar-refractivity contribution in [3.05, 3.63) is 70.5 Å². The number of carbonyl (C=O) groups excluding carboxylic acids is 1. The van der Waals surface area contributed by atoms with Gasteiger partial charge in [0, 0.05) is 13.1 Å². The first-order valence-corrected chi connectivity index (χ1v) is 10.5. The zero-order valence-electron chi connectivity index (χ0n) is 16.2. The van der Waals surface area contributed by atoms with Crippen molar-refractivity contribution in [2.45, 2.75) is 43.6 Å². The minimum atomic E-state index is -0.326. The standard InChI is InChI=1S/C22H25N3O2S/c1-3-23-20(26)16(2)28-22-24-19-14-8-7-13-18(19)21(27)25(22)15-9-12-17-10-5-4-6-11-17/h4-8,10-11,13-14,16H,3,9,12,15H2,1-2H3,(H,23,26)/t16-/m0/s1. The lowest BCUT2D eigenvalue weighted by molar-refractivity contribution is -0.120. The molecule has 1 N–H and O–H groups in total. The summed E-state index contributed by atoms with van der Waals surface area (Å²) in [5, 5.41) is 3.70. The van der Waals surface area contributed by atoms with Crippen LogP contribution in [0.1, 0.15) is 25.8 Å². The van der Waals surface area contributed by atoms with E-state index in [1.165, 1.54) is 17.3 Å². The maximum Gasteiger partial charge on any atom is 0.262 e. The summed E-state index contributed by atoms with van der Waals surface area (Å²) < 4.78 is 1.71. The van der Waals surface area contributed by atoms with Crippen LogP contribution in [0.4, 0.5) is 0 Å². The van der Waals surface area contributed by atoms with E-state index in [0.717, 1.165) is 12.8 Å². The van der Waals surface area contributed by atoms with Crippen LogP contribution in [0.2, 0.25) is 0 Å². The van der Waals surface area contributed by atoms with Crippen molar-refractivity contribution in [1.82, 2.24) is 14.9 Å². The highest BCUT2D eigenvalue weighted by atomic mass is 32.2. The molecule has 3 rings (SSSR count). The molecule has 0 fully saturated rings. The Kier molecular flexibility index (Phi) is 6.87. The predicted octanol–water partition coefficient (Wildman–Crippen LogP) is 3.65. The van der Waals surface area contributed by atoms with E-state index < -0.39 is 0 Å². The molecule has 146 valence electrons. The van der Waals surface area contributed by atoms with Gasteiger partial charge in [-0.05, 0) is 44.4 Å². The van der Waals surface area contributed by atoms with Crippen LogP contribution in [0.5, 0.6) is 0 Å². The highest BCUT2D eigenvalue weighted by molar-refractivity contribution is 8.00. The fraction of sp³-hybridized carbons (Fsp3) is 0.318. The molecule has 2 aromatic carbocycles. The van der Waals surface area contributed by atoms with Crippen LogP contribution in [-0.4, -0.2) is 27.3 Å². The van der Waals surface area contributed by atoms with Gasteiger partial charge in [-0.3, -0.25) is 14.2 Å². The summed E-state index contributed by atoms with van der Waals surface area (Å²) in [6.45, 7) is 4.88. The van der Waals surface area contributed by atoms with E-state index in [1.807, 2.05) is 50.2 Å². The summed E-state index contributed by atoms with van der Waals surface area (Å²) in [5.74, 6) is -0.0502. The summed E-state index contributed by atoms with van der Waals surface area (Å²) in [7, 11) is 0. The molecule has 0 aliphatic heterocycles. The van der Waals surface area contributed by atoms with Gasteiger partial charge < -0.3 is 5.32 Å². The smallest absolute Gasteiger partial charge is 0.262 e. The highest BCUT2D eigenvalue weighted by Gasteiger charge is 2.18. The Hall–Kier alpha value is -2.60. The lowest BCUT2D eigenvalue weighted by Gasteiger charge is -2.16. The summed E-state index contributed by atoms with van der Waals surface area (Å²) >= 11 is 1.33. The number of nitrogens with zero attached hydrogens (tertiary/aromatic N) is 2. The summed E-state index contributed by atoms with van der Waals surface area (Å²) in [6.07, 6.45) is 1.71. The zero-order valence-corrected chi connectivity index (χ0v) is 17.0. The molecule has 1 amide bonds. The SMILES string of the molecule is CCNC(=O)[C@H](C)Sc1nc2ccccc2c(=O)n1CCCc1ccccc1. The minimum Gasteiger partial charge on any atom is -0.355 e. The van der Waals surface area contributed by atoms with E-state index >= 15 is 0 Å². The number of aromatic nitrogens is 2. The van der Waals surface area contributed by atoms with E-state index in [2.05, 4.69) is 17.4 Å². The number of benzene rings is 2. The first kappa shape index (κ1) is 20.1. The van der Waals surface area contributed by atoms with E-state index in [9.17, 15) is 9.59 Å². The summed E-state index contributed by atoms with van der Waals surface area (Å²) in [5.41, 5.74) is 1.86. The van der Waals surface area contributed by atoms with Crippen LogP contribution < -0.4 is 10.9 Å². The molecule has 0 aliphatic carbocycles. The molecule has 6 heteroatoms. The van der Waals surface area contributed by atoms with Crippen molar-refractivity contribution in [2.24, 2.45) is 0 Å². The molecule has 1 heterocycles. The fourth-order valence-electron chi connectivity index (χ4n) is 3.05. The number of hydrogen-bond donors (Lipinski definition) is 1. The molecule has 0 saturated carbocycles. The molecule has 1 atom stereocenters. The van der Waals surface area contributed by atoms with Crippen LogP contribution in [-0.2, 0) is 17.8 Å². The van der Waals surface area contributed by atoms with Gasteiger partial charge in [0.05, 0.1) is 16.2 Å². The molecule has 0 spiro atoms. The molecule has 0 unspecified atom stereocenters. The number of nitrogens with one attached hydrogen (secondary N) is 1. The highest BCUT2D eigenvalue weighted by Crippen LogP contribution is 2.23. The van der Waals surface area contributed by atoms with Gasteiger partial charge in [-0.25, -0.2) is 4.98 Å². The Morgan fingerprint density at radius 1 is 1.14 bits per heavy atom. The van der Waals surface area contributed by atoms with Crippen molar-refractivity contribution in [3.63, 3.8) is 0 Å². The molecule has 5 nitrogen and oxygen atoms in total. The monoisotopic (exact) mass is 395 g/mol. The normalized spacial score (nSPS) is 12.1. The van der Waals surface area contributed by atoms with Gasteiger partial charge in [0.1, 0.15) is 0 Å². The van der Waals surface area contributed by atoms with Gasteiger partial charge in [-0.2, -0.15) is 0 Å². The van der Waals surface area contributed by atoms with E-state index in [-0.39, 0.29) is 16.7 Å². The number of aryl methyl sites for hydroxylation is 1. The number of thioether (sulfide) groups is 1. The second kappa shape index (κ2) is 9.55. The van der Waals surface area contributed by atoms with Crippen molar-refractivity contribution in [2.75, 3.05) is 6.54 Å². The first-order chi connectivity index (χ1) is 13.6. The second-order valence-electron chi connectivity index (χ2n) is 6.61. The van der Waals surface area contributed by atoms with E-state index in [0.29, 0.717) is 29.1 Å². The number of fused-ring (bicyclic) bond motifs is 1. The third-order valence-electron chi connectivity index (χ3n) is 4.52. The maximum atomic E-state index is 13.1. The Labute approximate surface area is 169 Å². The summed E-state index contributed by atoms with van der Waals surface area (Å²) in [4.78, 5) is 29.9. The van der Waals surface area contributed by atoms with Gasteiger partial charge in [-0.1, -0.05) is 54.2 Å². The van der Waals surface area contributed by atoms with Crippen LogP contribution in [0.15, 0.2) is 64.5 Å². The Balaban J connectivity index is 1.88. The van der Waals surface area contributed by atoms with Crippen LogP contribution in [0.3, 0.4) is 0 Å². The lowest BCUT2D eigenvalue weighted by Crippen LogP contribution is -2.32. The molecular weight excluding hydrogens is 370 g/mol. The Morgan fingerprint density at radius 3 is 2.61 bits per heavy atom. The first-order valence-electron chi connectivity index (χ1n) is 9.58. The molecule has 0 radical (unpaired) electrons. The number of rotatable bonds is 8. The van der Waals surface area contributed by atoms with E-state index in [4.69, 9.17) is 4.98 Å². The maximum absolute atomic E-state index is 13.1. The average molecular weight is 396 g/mol. The van der Waals surface area contributed by atoms with Gasteiger partial charge in [0.2, 0.25) is 5.91 Å². The number of hydrogen-bond acceptors (Lipinski definition) is 4. The van der Waals surface area contributed by atoms with Gasteiger partial charge in [0.25, 0.3) is 5.56 Å². The quantitative estimate of drug-likeness (QED) is 0.467. The topological polar surface area (TPSA) is 64.0 Å². The third kappa shape index (κ3) is 4.81. The fourth-order valence-corrected chi connectivity index (χ4v) is 4.01. The predicted molar refractivity (Wildman–Crippen MR) is 115 cm³/mol. The lowest BCUT2D eigenvalue weighted by atomic mass is 10.1. The number of para-hydroxylation sites is 1. The van der Waals surface area contributed by atoms with Gasteiger partial charge in [0.15, 0.2) is 5.16 Å². The van der Waals surface area contributed by atoms with Crippen molar-refractivity contribution in [3.8, 4) is 0 Å². The van der Waals surface area contributed by atoms with Crippen LogP contribution in [0.25, 0.3) is 10.9 Å². The third-order valence-corrected chi connectivity index (χ3v) is 5.61. The Morgan fingerprint density at radius 2 is 1.86 bits per heavy atom. The molecule has 0 saturated heterocycles. The Bertz CT molecular complexity index is 1000. The molecule has 28 heavy (non-hydrogen) atoms.